The predicted octanol–water partition coefficient (Wildman–Crippen LogP) is 9.02. The molecule has 0 fully saturated rings. The molecule has 3 rings (SSSR count). The van der Waals surface area contributed by atoms with Gasteiger partial charge in [0.25, 0.3) is 0 Å². The van der Waals surface area contributed by atoms with Crippen LogP contribution in [0.3, 0.4) is 0 Å². The van der Waals surface area contributed by atoms with Gasteiger partial charge in [-0.3, -0.25) is 0 Å². The van der Waals surface area contributed by atoms with Crippen LogP contribution in [0.1, 0.15) is 71.1 Å². The van der Waals surface area contributed by atoms with Gasteiger partial charge in [0.2, 0.25) is 0 Å². The van der Waals surface area contributed by atoms with E-state index in [1.807, 2.05) is 12.1 Å². The van der Waals surface area contributed by atoms with Crippen molar-refractivity contribution in [3.05, 3.63) is 46.4 Å². The Kier molecular flexibility index (Phi) is 7.91. The Morgan fingerprint density at radius 2 is 1.07 bits per heavy atom. The van der Waals surface area contributed by atoms with Crippen molar-refractivity contribution in [2.45, 2.75) is 77.7 Å². The lowest BCUT2D eigenvalue weighted by Gasteiger charge is -2.08. The van der Waals surface area contributed by atoms with Gasteiger partial charge >= 0.3 is 0 Å². The second-order valence-corrected chi connectivity index (χ2v) is 8.53. The average Bonchev–Trinajstić information content (AvgIpc) is 2.95. The zero-order valence-corrected chi connectivity index (χ0v) is 18.0. The van der Waals surface area contributed by atoms with Crippen molar-refractivity contribution < 1.29 is 0 Å². The first kappa shape index (κ1) is 20.6. The van der Waals surface area contributed by atoms with Gasteiger partial charge in [-0.15, -0.1) is 0 Å². The number of benzene rings is 2. The maximum Gasteiger partial charge on any atom is 0.0506 e. The molecule has 0 atom stereocenters. The molecular formula is C24H31Cl2N. The smallest absolute Gasteiger partial charge is 0.0506 e. The van der Waals surface area contributed by atoms with Gasteiger partial charge in [0.15, 0.2) is 0 Å². The number of aryl methyl sites for hydroxylation is 1. The van der Waals surface area contributed by atoms with Crippen molar-refractivity contribution in [2.24, 2.45) is 0 Å². The number of halogens is 2. The number of hydrogen-bond acceptors (Lipinski definition) is 0. The fraction of sp³-hybridized carbons (Fsp3) is 0.500. The number of nitrogens with zero attached hydrogens (tertiary/aromatic N) is 1. The van der Waals surface area contributed by atoms with Crippen LogP contribution < -0.4 is 0 Å². The zero-order valence-electron chi connectivity index (χ0n) is 16.4. The minimum absolute atomic E-state index is 0.792. The molecule has 0 spiro atoms. The summed E-state index contributed by atoms with van der Waals surface area (Å²) in [4.78, 5) is 0. The van der Waals surface area contributed by atoms with E-state index in [2.05, 4.69) is 35.8 Å². The fourth-order valence-corrected chi connectivity index (χ4v) is 4.37. The van der Waals surface area contributed by atoms with E-state index in [9.17, 15) is 0 Å². The summed E-state index contributed by atoms with van der Waals surface area (Å²) in [6, 6.07) is 12.4. The van der Waals surface area contributed by atoms with Crippen molar-refractivity contribution in [2.75, 3.05) is 0 Å². The molecule has 146 valence electrons. The Hall–Kier alpha value is -1.18. The van der Waals surface area contributed by atoms with Crippen molar-refractivity contribution in [3.63, 3.8) is 0 Å². The maximum atomic E-state index is 6.27. The quantitative estimate of drug-likeness (QED) is 0.281. The highest BCUT2D eigenvalue weighted by atomic mass is 35.5. The molecule has 0 aliphatic heterocycles. The molecule has 0 amide bonds. The summed E-state index contributed by atoms with van der Waals surface area (Å²) < 4.78 is 2.40. The van der Waals surface area contributed by atoms with E-state index in [0.29, 0.717) is 0 Å². The molecule has 2 aromatic carbocycles. The molecule has 0 saturated carbocycles. The predicted molar refractivity (Wildman–Crippen MR) is 121 cm³/mol. The third kappa shape index (κ3) is 5.42. The monoisotopic (exact) mass is 403 g/mol. The third-order valence-electron chi connectivity index (χ3n) is 5.53. The number of hydrogen-bond donors (Lipinski definition) is 0. The van der Waals surface area contributed by atoms with Crippen LogP contribution >= 0.6 is 23.2 Å². The van der Waals surface area contributed by atoms with Crippen LogP contribution in [0.2, 0.25) is 10.0 Å². The molecule has 0 aliphatic rings. The minimum atomic E-state index is 0.792. The summed E-state index contributed by atoms with van der Waals surface area (Å²) in [7, 11) is 0. The first-order valence-corrected chi connectivity index (χ1v) is 11.3. The molecule has 0 radical (unpaired) electrons. The number of unbranched alkanes of at least 4 members (excludes halogenated alkanes) is 9. The Labute approximate surface area is 173 Å². The van der Waals surface area contributed by atoms with E-state index in [1.165, 1.54) is 86.0 Å². The summed E-state index contributed by atoms with van der Waals surface area (Å²) in [5, 5.41) is 4.11. The highest BCUT2D eigenvalue weighted by Crippen LogP contribution is 2.33. The van der Waals surface area contributed by atoms with Crippen LogP contribution in [0.15, 0.2) is 36.4 Å². The van der Waals surface area contributed by atoms with Crippen molar-refractivity contribution in [1.82, 2.24) is 4.57 Å². The average molecular weight is 404 g/mol. The molecule has 0 saturated heterocycles. The summed E-state index contributed by atoms with van der Waals surface area (Å²) >= 11 is 12.5. The van der Waals surface area contributed by atoms with Gasteiger partial charge in [0.05, 0.1) is 11.0 Å². The highest BCUT2D eigenvalue weighted by Gasteiger charge is 2.11. The summed E-state index contributed by atoms with van der Waals surface area (Å²) in [5.74, 6) is 0. The molecule has 1 aromatic heterocycles. The van der Waals surface area contributed by atoms with E-state index >= 15 is 0 Å². The van der Waals surface area contributed by atoms with Crippen LogP contribution in [-0.4, -0.2) is 4.57 Å². The summed E-state index contributed by atoms with van der Waals surface area (Å²) in [5.41, 5.74) is 2.44. The molecule has 3 aromatic rings. The molecule has 0 bridgehead atoms. The standard InChI is InChI=1S/C24H31Cl2N/c1-2-3-4-5-6-7-8-9-10-11-16-27-23-17-19(25)12-14-21(23)22-15-13-20(26)18-24(22)27/h12-15,17-18H,2-11,16H2,1H3. The molecule has 3 heteroatoms. The number of rotatable bonds is 11. The van der Waals surface area contributed by atoms with Crippen molar-refractivity contribution in [3.8, 4) is 0 Å². The molecule has 27 heavy (non-hydrogen) atoms. The second kappa shape index (κ2) is 10.4. The normalized spacial score (nSPS) is 11.7. The summed E-state index contributed by atoms with van der Waals surface area (Å²) in [6.07, 6.45) is 13.6. The van der Waals surface area contributed by atoms with Crippen molar-refractivity contribution >= 4 is 45.0 Å². The van der Waals surface area contributed by atoms with E-state index in [-0.39, 0.29) is 0 Å². The van der Waals surface area contributed by atoms with Crippen LogP contribution in [-0.2, 0) is 6.54 Å². The molecule has 0 aliphatic carbocycles. The molecule has 1 heterocycles. The lowest BCUT2D eigenvalue weighted by Crippen LogP contribution is -1.97. The SMILES string of the molecule is CCCCCCCCCCCCn1c2cc(Cl)ccc2c2ccc(Cl)cc21. The molecule has 0 N–H and O–H groups in total. The van der Waals surface area contributed by atoms with E-state index in [4.69, 9.17) is 23.2 Å². The first-order chi connectivity index (χ1) is 13.2. The minimum Gasteiger partial charge on any atom is -0.340 e. The highest BCUT2D eigenvalue weighted by molar-refractivity contribution is 6.32. The maximum absolute atomic E-state index is 6.27. The van der Waals surface area contributed by atoms with Gasteiger partial charge in [-0.1, -0.05) is 100 Å². The molecule has 1 nitrogen and oxygen atoms in total. The number of fused-ring (bicyclic) bond motifs is 3. The Morgan fingerprint density at radius 3 is 1.56 bits per heavy atom. The number of aromatic nitrogens is 1. The van der Waals surface area contributed by atoms with Crippen LogP contribution in [0, 0.1) is 0 Å². The van der Waals surface area contributed by atoms with Gasteiger partial charge in [0, 0.05) is 27.4 Å². The van der Waals surface area contributed by atoms with Gasteiger partial charge in [0.1, 0.15) is 0 Å². The zero-order chi connectivity index (χ0) is 19.1. The Balaban J connectivity index is 1.56. The van der Waals surface area contributed by atoms with E-state index in [0.717, 1.165) is 16.6 Å². The van der Waals surface area contributed by atoms with Gasteiger partial charge in [-0.05, 0) is 30.7 Å². The fourth-order valence-electron chi connectivity index (χ4n) is 4.04. The molecule has 0 unspecified atom stereocenters. The second-order valence-electron chi connectivity index (χ2n) is 7.66. The van der Waals surface area contributed by atoms with Crippen LogP contribution in [0.5, 0.6) is 0 Å². The Bertz CT molecular complexity index is 806. The Morgan fingerprint density at radius 1 is 0.630 bits per heavy atom. The summed E-state index contributed by atoms with van der Waals surface area (Å²) in [6.45, 7) is 3.30. The lowest BCUT2D eigenvalue weighted by molar-refractivity contribution is 0.541. The van der Waals surface area contributed by atoms with Gasteiger partial charge in [-0.25, -0.2) is 0 Å². The largest absolute Gasteiger partial charge is 0.340 e. The van der Waals surface area contributed by atoms with E-state index in [1.54, 1.807) is 0 Å². The van der Waals surface area contributed by atoms with Gasteiger partial charge in [-0.2, -0.15) is 0 Å². The van der Waals surface area contributed by atoms with E-state index < -0.39 is 0 Å². The third-order valence-corrected chi connectivity index (χ3v) is 6.00. The van der Waals surface area contributed by atoms with Crippen LogP contribution in [0.4, 0.5) is 0 Å². The van der Waals surface area contributed by atoms with Gasteiger partial charge < -0.3 is 4.57 Å². The lowest BCUT2D eigenvalue weighted by atomic mass is 10.1. The topological polar surface area (TPSA) is 4.93 Å². The van der Waals surface area contributed by atoms with Crippen molar-refractivity contribution in [1.29, 1.82) is 0 Å². The van der Waals surface area contributed by atoms with Crippen LogP contribution in [0.25, 0.3) is 21.8 Å². The molecular weight excluding hydrogens is 373 g/mol. The first-order valence-electron chi connectivity index (χ1n) is 10.6.